The van der Waals surface area contributed by atoms with Crippen molar-refractivity contribution in [1.29, 1.82) is 0 Å². The Morgan fingerprint density at radius 2 is 1.68 bits per heavy atom. The number of nitrogens with one attached hydrogen (secondary N) is 3. The highest BCUT2D eigenvalue weighted by Crippen LogP contribution is 2.34. The van der Waals surface area contributed by atoms with Gasteiger partial charge in [0, 0.05) is 6.08 Å². The highest BCUT2D eigenvalue weighted by Gasteiger charge is 2.35. The van der Waals surface area contributed by atoms with Crippen molar-refractivity contribution in [2.45, 2.75) is 16.1 Å². The summed E-state index contributed by atoms with van der Waals surface area (Å²) in [5.74, 6) is -0.604. The van der Waals surface area contributed by atoms with E-state index >= 15 is 0 Å². The Balaban J connectivity index is 2.08. The second-order valence-electron chi connectivity index (χ2n) is 6.02. The maximum Gasteiger partial charge on any atom is 0.416 e. The molecule has 2 aromatic carbocycles. The number of rotatable bonds is 5. The van der Waals surface area contributed by atoms with Gasteiger partial charge >= 0.3 is 6.18 Å². The zero-order chi connectivity index (χ0) is 23.2. The van der Waals surface area contributed by atoms with Gasteiger partial charge in [-0.15, -0.1) is 0 Å². The third-order valence-electron chi connectivity index (χ3n) is 3.66. The summed E-state index contributed by atoms with van der Waals surface area (Å²) in [5, 5.41) is 7.21. The molecule has 0 aliphatic carbocycles. The third-order valence-corrected chi connectivity index (χ3v) is 4.86. The molecule has 0 aliphatic rings. The molecule has 4 nitrogen and oxygen atoms in total. The van der Waals surface area contributed by atoms with Crippen LogP contribution in [-0.2, 0) is 11.0 Å². The lowest BCUT2D eigenvalue weighted by atomic mass is 10.2. The molecule has 166 valence electrons. The predicted molar refractivity (Wildman–Crippen MR) is 124 cm³/mol. The number of benzene rings is 2. The first-order valence-corrected chi connectivity index (χ1v) is 10.3. The molecule has 1 unspecified atom stereocenters. The molecule has 2 aromatic rings. The van der Waals surface area contributed by atoms with Crippen molar-refractivity contribution >= 4 is 81.4 Å². The van der Waals surface area contributed by atoms with E-state index in [2.05, 4.69) is 16.0 Å². The summed E-state index contributed by atoms with van der Waals surface area (Å²) in [6.45, 7) is 0. The topological polar surface area (TPSA) is 53.2 Å². The zero-order valence-corrected chi connectivity index (χ0v) is 19.2. The Bertz CT molecular complexity index is 966. The Morgan fingerprint density at radius 1 is 1.03 bits per heavy atom. The summed E-state index contributed by atoms with van der Waals surface area (Å²) in [6, 6.07) is 11.7. The van der Waals surface area contributed by atoms with Crippen molar-refractivity contribution in [2.24, 2.45) is 0 Å². The van der Waals surface area contributed by atoms with Gasteiger partial charge in [-0.1, -0.05) is 76.7 Å². The van der Waals surface area contributed by atoms with Crippen LogP contribution in [0.4, 0.5) is 18.9 Å². The van der Waals surface area contributed by atoms with Crippen LogP contribution in [0.1, 0.15) is 11.1 Å². The van der Waals surface area contributed by atoms with E-state index in [1.54, 1.807) is 30.3 Å². The number of anilines is 1. The number of hydrogen-bond donors (Lipinski definition) is 3. The maximum absolute atomic E-state index is 12.9. The molecule has 0 radical (unpaired) electrons. The highest BCUT2D eigenvalue weighted by molar-refractivity contribution is 7.80. The molecule has 12 heteroatoms. The molecule has 0 aromatic heterocycles. The first-order chi connectivity index (χ1) is 14.4. The highest BCUT2D eigenvalue weighted by atomic mass is 35.6. The van der Waals surface area contributed by atoms with Crippen LogP contribution in [0, 0.1) is 0 Å². The van der Waals surface area contributed by atoms with Gasteiger partial charge in [-0.2, -0.15) is 13.2 Å². The Hall–Kier alpha value is -1.71. The normalized spacial score (nSPS) is 13.0. The molecule has 0 saturated heterocycles. The second kappa shape index (κ2) is 10.7. The molecule has 0 heterocycles. The van der Waals surface area contributed by atoms with E-state index in [9.17, 15) is 18.0 Å². The van der Waals surface area contributed by atoms with E-state index in [4.69, 9.17) is 58.6 Å². The van der Waals surface area contributed by atoms with E-state index in [-0.39, 0.29) is 15.8 Å². The summed E-state index contributed by atoms with van der Waals surface area (Å²) in [5.41, 5.74) is -0.278. The standard InChI is InChI=1S/C19H14Cl4F3N3OS/c20-13-8-7-12(19(24,25)26)10-14(13)27-17(31)29-16(18(21,22)23)28-15(30)9-6-11-4-2-1-3-5-11/h1-10,16H,(H,28,30)(H2,27,29,31). The van der Waals surface area contributed by atoms with Crippen LogP contribution in [0.2, 0.25) is 5.02 Å². The van der Waals surface area contributed by atoms with Crippen LogP contribution in [0.25, 0.3) is 6.08 Å². The van der Waals surface area contributed by atoms with E-state index < -0.39 is 27.6 Å². The Kier molecular flexibility index (Phi) is 8.85. The number of carbonyl (C=O) groups is 1. The van der Waals surface area contributed by atoms with Crippen LogP contribution >= 0.6 is 58.6 Å². The van der Waals surface area contributed by atoms with Crippen molar-refractivity contribution in [1.82, 2.24) is 10.6 Å². The molecule has 3 N–H and O–H groups in total. The van der Waals surface area contributed by atoms with Gasteiger partial charge in [0.1, 0.15) is 6.17 Å². The molecule has 2 rings (SSSR count). The van der Waals surface area contributed by atoms with Gasteiger partial charge in [-0.3, -0.25) is 4.79 Å². The number of amides is 1. The van der Waals surface area contributed by atoms with Gasteiger partial charge < -0.3 is 16.0 Å². The SMILES string of the molecule is O=C(C=Cc1ccccc1)NC(NC(=S)Nc1cc(C(F)(F)F)ccc1Cl)C(Cl)(Cl)Cl. The lowest BCUT2D eigenvalue weighted by molar-refractivity contribution is -0.137. The van der Waals surface area contributed by atoms with Gasteiger partial charge in [0.05, 0.1) is 16.3 Å². The van der Waals surface area contributed by atoms with Crippen molar-refractivity contribution in [3.63, 3.8) is 0 Å². The van der Waals surface area contributed by atoms with Gasteiger partial charge in [0.2, 0.25) is 9.70 Å². The van der Waals surface area contributed by atoms with Crippen LogP contribution in [-0.4, -0.2) is 21.0 Å². The second-order valence-corrected chi connectivity index (χ2v) is 9.20. The van der Waals surface area contributed by atoms with Crippen molar-refractivity contribution in [2.75, 3.05) is 5.32 Å². The molecule has 0 bridgehead atoms. The number of carbonyl (C=O) groups excluding carboxylic acids is 1. The quantitative estimate of drug-likeness (QED) is 0.187. The molecule has 0 fully saturated rings. The Morgan fingerprint density at radius 3 is 2.26 bits per heavy atom. The summed E-state index contributed by atoms with van der Waals surface area (Å²) in [6.07, 6.45) is -3.12. The van der Waals surface area contributed by atoms with Gasteiger partial charge in [0.25, 0.3) is 0 Å². The summed E-state index contributed by atoms with van der Waals surface area (Å²) >= 11 is 28.7. The van der Waals surface area contributed by atoms with E-state index in [0.29, 0.717) is 0 Å². The van der Waals surface area contributed by atoms with Crippen molar-refractivity contribution in [3.05, 3.63) is 70.8 Å². The van der Waals surface area contributed by atoms with Crippen molar-refractivity contribution < 1.29 is 18.0 Å². The molecule has 31 heavy (non-hydrogen) atoms. The molecule has 1 amide bonds. The fourth-order valence-corrected chi connectivity index (χ4v) is 2.93. The van der Waals surface area contributed by atoms with Crippen LogP contribution in [0.5, 0.6) is 0 Å². The summed E-state index contributed by atoms with van der Waals surface area (Å²) < 4.78 is 36.7. The molecule has 1 atom stereocenters. The fourth-order valence-electron chi connectivity index (χ4n) is 2.21. The molecule has 0 aliphatic heterocycles. The average molecular weight is 531 g/mol. The van der Waals surface area contributed by atoms with Gasteiger partial charge in [0.15, 0.2) is 5.11 Å². The van der Waals surface area contributed by atoms with Crippen LogP contribution in [0.15, 0.2) is 54.6 Å². The minimum Gasteiger partial charge on any atom is -0.339 e. The van der Waals surface area contributed by atoms with E-state index in [1.807, 2.05) is 6.07 Å². The summed E-state index contributed by atoms with van der Waals surface area (Å²) in [7, 11) is 0. The first-order valence-electron chi connectivity index (χ1n) is 8.41. The number of halogens is 7. The fraction of sp³-hybridized carbons (Fsp3) is 0.158. The lowest BCUT2D eigenvalue weighted by Gasteiger charge is -2.27. The van der Waals surface area contributed by atoms with Crippen LogP contribution in [0.3, 0.4) is 0 Å². The molecular formula is C19H14Cl4F3N3OS. The monoisotopic (exact) mass is 529 g/mol. The van der Waals surface area contributed by atoms with E-state index in [1.165, 1.54) is 6.08 Å². The van der Waals surface area contributed by atoms with Gasteiger partial charge in [-0.25, -0.2) is 0 Å². The minimum atomic E-state index is -4.57. The minimum absolute atomic E-state index is 0.0163. The molecule has 0 spiro atoms. The molecule has 0 saturated carbocycles. The largest absolute Gasteiger partial charge is 0.416 e. The molecular weight excluding hydrogens is 517 g/mol. The van der Waals surface area contributed by atoms with E-state index in [0.717, 1.165) is 23.8 Å². The first kappa shape index (κ1) is 25.5. The summed E-state index contributed by atoms with van der Waals surface area (Å²) in [4.78, 5) is 12.2. The van der Waals surface area contributed by atoms with Crippen molar-refractivity contribution in [3.8, 4) is 0 Å². The Labute approximate surface area is 201 Å². The lowest BCUT2D eigenvalue weighted by Crippen LogP contribution is -2.55. The van der Waals surface area contributed by atoms with Crippen LogP contribution < -0.4 is 16.0 Å². The number of hydrogen-bond acceptors (Lipinski definition) is 2. The average Bonchev–Trinajstić information content (AvgIpc) is 2.67. The maximum atomic E-state index is 12.9. The van der Waals surface area contributed by atoms with Gasteiger partial charge in [-0.05, 0) is 42.1 Å². The zero-order valence-electron chi connectivity index (χ0n) is 15.3. The third kappa shape index (κ3) is 8.38. The predicted octanol–water partition coefficient (Wildman–Crippen LogP) is 6.17. The number of thiocarbonyl (C=S) groups is 1. The smallest absolute Gasteiger partial charge is 0.339 e. The number of alkyl halides is 6.